The Balaban J connectivity index is 1.30. The monoisotopic (exact) mass is 582 g/mol. The standard InChI is InChI=1S/C30H33F3N6O3/c1-18-14-24-26(8-10-34-27(24)36-18)42-22-7-6-20-9-12-39(19(2)23(20)16-22)29(40)37-21-15-25(30(31,32)33)28(35-17-21)41-13-5-11-38(3)4/h6-8,10,14-17,19H,5,9,11-13H2,1-4H3,(H,34,36)(H,37,40)/t19-/m0/s1. The van der Waals surface area contributed by atoms with E-state index in [0.717, 1.165) is 33.9 Å². The second-order valence-corrected chi connectivity index (χ2v) is 10.6. The van der Waals surface area contributed by atoms with Gasteiger partial charge in [0.05, 0.1) is 29.9 Å². The summed E-state index contributed by atoms with van der Waals surface area (Å²) in [7, 11) is 3.74. The number of nitrogens with zero attached hydrogens (tertiary/aromatic N) is 4. The van der Waals surface area contributed by atoms with Crippen LogP contribution in [-0.4, -0.2) is 64.6 Å². The number of urea groups is 1. The minimum atomic E-state index is -4.70. The van der Waals surface area contributed by atoms with Crippen molar-refractivity contribution < 1.29 is 27.4 Å². The highest BCUT2D eigenvalue weighted by molar-refractivity contribution is 5.90. The SMILES string of the molecule is Cc1cc2c(Oc3ccc4c(c3)[C@H](C)N(C(=O)Nc3cnc(OCCCN(C)C)c(C(F)(F)F)c3)CC4)ccnc2[nH]1. The molecule has 2 N–H and O–H groups in total. The zero-order valence-electron chi connectivity index (χ0n) is 23.9. The third-order valence-corrected chi connectivity index (χ3v) is 7.17. The molecule has 1 aliphatic heterocycles. The molecule has 0 saturated carbocycles. The van der Waals surface area contributed by atoms with Crippen LogP contribution in [0.25, 0.3) is 11.0 Å². The van der Waals surface area contributed by atoms with Crippen molar-refractivity contribution in [3.63, 3.8) is 0 Å². The number of pyridine rings is 2. The minimum Gasteiger partial charge on any atom is -0.477 e. The summed E-state index contributed by atoms with van der Waals surface area (Å²) in [6.07, 6.45) is -0.706. The lowest BCUT2D eigenvalue weighted by Crippen LogP contribution is -2.41. The van der Waals surface area contributed by atoms with Gasteiger partial charge in [0.2, 0.25) is 5.88 Å². The molecule has 4 aromatic rings. The molecule has 2 amide bonds. The maximum absolute atomic E-state index is 13.8. The van der Waals surface area contributed by atoms with E-state index in [1.807, 2.05) is 57.1 Å². The summed E-state index contributed by atoms with van der Waals surface area (Å²) in [4.78, 5) is 28.2. The van der Waals surface area contributed by atoms with Gasteiger partial charge in [-0.05, 0) is 82.2 Å². The number of aromatic nitrogens is 3. The lowest BCUT2D eigenvalue weighted by Gasteiger charge is -2.35. The highest BCUT2D eigenvalue weighted by Crippen LogP contribution is 2.38. The van der Waals surface area contributed by atoms with Crippen molar-refractivity contribution in [2.45, 2.75) is 38.9 Å². The van der Waals surface area contributed by atoms with Gasteiger partial charge in [-0.2, -0.15) is 13.2 Å². The van der Waals surface area contributed by atoms with E-state index in [1.54, 1.807) is 17.2 Å². The van der Waals surface area contributed by atoms with Gasteiger partial charge in [0.25, 0.3) is 0 Å². The lowest BCUT2D eigenvalue weighted by molar-refractivity contribution is -0.139. The number of carbonyl (C=O) groups excluding carboxylic acids is 1. The molecule has 4 heterocycles. The van der Waals surface area contributed by atoms with Gasteiger partial charge in [0.15, 0.2) is 0 Å². The van der Waals surface area contributed by atoms with E-state index in [1.165, 1.54) is 6.20 Å². The molecule has 0 spiro atoms. The Hall–Kier alpha value is -4.32. The normalized spacial score (nSPS) is 15.1. The van der Waals surface area contributed by atoms with E-state index in [-0.39, 0.29) is 18.3 Å². The largest absolute Gasteiger partial charge is 0.477 e. The molecule has 9 nitrogen and oxygen atoms in total. The number of carbonyl (C=O) groups is 1. The van der Waals surface area contributed by atoms with E-state index in [4.69, 9.17) is 9.47 Å². The number of alkyl halides is 3. The fourth-order valence-electron chi connectivity index (χ4n) is 5.07. The van der Waals surface area contributed by atoms with Crippen LogP contribution in [0.3, 0.4) is 0 Å². The molecular weight excluding hydrogens is 549 g/mol. The van der Waals surface area contributed by atoms with Crippen LogP contribution in [0.4, 0.5) is 23.7 Å². The van der Waals surface area contributed by atoms with E-state index >= 15 is 0 Å². The molecule has 0 bridgehead atoms. The zero-order chi connectivity index (χ0) is 30.0. The number of aromatic amines is 1. The maximum atomic E-state index is 13.8. The second-order valence-electron chi connectivity index (χ2n) is 10.6. The Kier molecular flexibility index (Phi) is 8.26. The van der Waals surface area contributed by atoms with Crippen molar-refractivity contribution in [2.75, 3.05) is 39.1 Å². The van der Waals surface area contributed by atoms with Gasteiger partial charge in [0.1, 0.15) is 22.7 Å². The van der Waals surface area contributed by atoms with E-state index in [0.29, 0.717) is 37.4 Å². The molecule has 0 unspecified atom stereocenters. The highest BCUT2D eigenvalue weighted by Gasteiger charge is 2.36. The first-order valence-electron chi connectivity index (χ1n) is 13.7. The quantitative estimate of drug-likeness (QED) is 0.229. The van der Waals surface area contributed by atoms with Crippen molar-refractivity contribution in [1.29, 1.82) is 0 Å². The first-order valence-corrected chi connectivity index (χ1v) is 13.7. The summed E-state index contributed by atoms with van der Waals surface area (Å²) in [5, 5.41) is 3.45. The maximum Gasteiger partial charge on any atom is 0.421 e. The minimum absolute atomic E-state index is 0.0634. The van der Waals surface area contributed by atoms with Gasteiger partial charge in [0, 0.05) is 25.0 Å². The van der Waals surface area contributed by atoms with E-state index < -0.39 is 23.7 Å². The van der Waals surface area contributed by atoms with Crippen molar-refractivity contribution in [3.8, 4) is 17.4 Å². The molecule has 222 valence electrons. The van der Waals surface area contributed by atoms with Gasteiger partial charge in [-0.3, -0.25) is 0 Å². The Labute approximate surface area is 241 Å². The number of benzene rings is 1. The molecule has 0 radical (unpaired) electrons. The Morgan fingerprint density at radius 2 is 2.00 bits per heavy atom. The van der Waals surface area contributed by atoms with Crippen LogP contribution in [0.15, 0.2) is 48.8 Å². The number of halogens is 3. The van der Waals surface area contributed by atoms with Gasteiger partial charge >= 0.3 is 12.2 Å². The van der Waals surface area contributed by atoms with Crippen molar-refractivity contribution in [2.24, 2.45) is 0 Å². The van der Waals surface area contributed by atoms with E-state index in [9.17, 15) is 18.0 Å². The molecule has 0 saturated heterocycles. The molecule has 1 aromatic carbocycles. The van der Waals surface area contributed by atoms with Crippen molar-refractivity contribution in [3.05, 3.63) is 71.2 Å². The van der Waals surface area contributed by atoms with Crippen LogP contribution < -0.4 is 14.8 Å². The van der Waals surface area contributed by atoms with Crippen LogP contribution in [-0.2, 0) is 12.6 Å². The van der Waals surface area contributed by atoms with Crippen LogP contribution in [0.1, 0.15) is 41.8 Å². The summed E-state index contributed by atoms with van der Waals surface area (Å²) in [5.74, 6) is 0.753. The summed E-state index contributed by atoms with van der Waals surface area (Å²) in [6, 6.07) is 9.52. The highest BCUT2D eigenvalue weighted by atomic mass is 19.4. The van der Waals surface area contributed by atoms with Crippen LogP contribution in [0, 0.1) is 6.92 Å². The third-order valence-electron chi connectivity index (χ3n) is 7.17. The average molecular weight is 583 g/mol. The van der Waals surface area contributed by atoms with E-state index in [2.05, 4.69) is 20.3 Å². The summed E-state index contributed by atoms with van der Waals surface area (Å²) < 4.78 is 52.9. The number of rotatable bonds is 8. The molecule has 12 heteroatoms. The number of aryl methyl sites for hydroxylation is 1. The first kappa shape index (κ1) is 29.2. The number of fused-ring (bicyclic) bond motifs is 2. The summed E-state index contributed by atoms with van der Waals surface area (Å²) in [5.41, 5.74) is 2.58. The summed E-state index contributed by atoms with van der Waals surface area (Å²) >= 11 is 0. The predicted molar refractivity (Wildman–Crippen MR) is 153 cm³/mol. The van der Waals surface area contributed by atoms with Gasteiger partial charge in [-0.25, -0.2) is 14.8 Å². The Morgan fingerprint density at radius 3 is 2.76 bits per heavy atom. The van der Waals surface area contributed by atoms with Gasteiger partial charge < -0.3 is 29.6 Å². The third kappa shape index (κ3) is 6.43. The molecule has 0 fully saturated rings. The molecule has 3 aromatic heterocycles. The number of hydrogen-bond donors (Lipinski definition) is 2. The number of amides is 2. The lowest BCUT2D eigenvalue weighted by atomic mass is 9.93. The molecule has 1 atom stereocenters. The number of H-pyrrole nitrogens is 1. The van der Waals surface area contributed by atoms with Crippen LogP contribution in [0.2, 0.25) is 0 Å². The number of hydrogen-bond acceptors (Lipinski definition) is 6. The topological polar surface area (TPSA) is 95.6 Å². The number of ether oxygens (including phenoxy) is 2. The second kappa shape index (κ2) is 11.9. The van der Waals surface area contributed by atoms with Gasteiger partial charge in [-0.15, -0.1) is 0 Å². The fraction of sp³-hybridized carbons (Fsp3) is 0.367. The molecule has 5 rings (SSSR count). The first-order chi connectivity index (χ1) is 20.0. The van der Waals surface area contributed by atoms with Crippen molar-refractivity contribution >= 4 is 22.8 Å². The van der Waals surface area contributed by atoms with Crippen LogP contribution >= 0.6 is 0 Å². The number of anilines is 1. The smallest absolute Gasteiger partial charge is 0.421 e. The molecule has 0 aliphatic carbocycles. The number of nitrogens with one attached hydrogen (secondary N) is 2. The predicted octanol–water partition coefficient (Wildman–Crippen LogP) is 6.56. The van der Waals surface area contributed by atoms with Gasteiger partial charge in [-0.1, -0.05) is 6.07 Å². The zero-order valence-corrected chi connectivity index (χ0v) is 23.9. The average Bonchev–Trinajstić information content (AvgIpc) is 3.32. The molecule has 42 heavy (non-hydrogen) atoms. The van der Waals surface area contributed by atoms with Crippen LogP contribution in [0.5, 0.6) is 17.4 Å². The molecular formula is C30H33F3N6O3. The Bertz CT molecular complexity index is 1590. The molecule has 1 aliphatic rings. The summed E-state index contributed by atoms with van der Waals surface area (Å²) in [6.45, 7) is 4.99. The van der Waals surface area contributed by atoms with Crippen molar-refractivity contribution in [1.82, 2.24) is 24.8 Å². The fourth-order valence-corrected chi connectivity index (χ4v) is 5.07. The Morgan fingerprint density at radius 1 is 1.19 bits per heavy atom.